The zero-order valence-electron chi connectivity index (χ0n) is 18.2. The number of nitrogens with zero attached hydrogens (tertiary/aromatic N) is 1. The maximum absolute atomic E-state index is 13.3. The van der Waals surface area contributed by atoms with Crippen molar-refractivity contribution in [1.29, 1.82) is 0 Å². The van der Waals surface area contributed by atoms with Gasteiger partial charge in [0, 0.05) is 5.56 Å². The summed E-state index contributed by atoms with van der Waals surface area (Å²) >= 11 is 0. The van der Waals surface area contributed by atoms with Gasteiger partial charge < -0.3 is 9.47 Å². The number of carbonyl (C=O) groups excluding carboxylic acids is 3. The number of fused-ring (bicyclic) bond motifs is 1. The number of hydrogen-bond donors (Lipinski definition) is 1. The van der Waals surface area contributed by atoms with Crippen molar-refractivity contribution in [2.24, 2.45) is 0 Å². The summed E-state index contributed by atoms with van der Waals surface area (Å²) in [6, 6.07) is 13.6. The van der Waals surface area contributed by atoms with E-state index in [9.17, 15) is 14.4 Å². The van der Waals surface area contributed by atoms with Crippen LogP contribution in [0.4, 0.5) is 10.5 Å². The molecule has 1 aliphatic rings. The molecule has 162 valence electrons. The third-order valence-electron chi connectivity index (χ3n) is 5.59. The van der Waals surface area contributed by atoms with Gasteiger partial charge in [0.1, 0.15) is 17.1 Å². The lowest BCUT2D eigenvalue weighted by atomic mass is 9.99. The van der Waals surface area contributed by atoms with Crippen molar-refractivity contribution in [1.82, 2.24) is 5.32 Å². The number of carbonyl (C=O) groups is 3. The van der Waals surface area contributed by atoms with Gasteiger partial charge in [-0.15, -0.1) is 0 Å². The third kappa shape index (κ3) is 3.58. The molecule has 0 atom stereocenters. The number of ether oxygens (including phenoxy) is 2. The Labute approximate surface area is 185 Å². The summed E-state index contributed by atoms with van der Waals surface area (Å²) in [5.41, 5.74) is 2.71. The SMILES string of the molecule is COc1ccc2ccc(OC)c(C=C3C(=O)NC(=O)N(c4ccc(C)c(C)c4)C3=O)c2c1. The highest BCUT2D eigenvalue weighted by molar-refractivity contribution is 6.39. The molecule has 0 aromatic heterocycles. The molecule has 0 unspecified atom stereocenters. The van der Waals surface area contributed by atoms with Crippen LogP contribution in [-0.4, -0.2) is 32.1 Å². The van der Waals surface area contributed by atoms with Gasteiger partial charge >= 0.3 is 6.03 Å². The van der Waals surface area contributed by atoms with Crippen LogP contribution >= 0.6 is 0 Å². The zero-order chi connectivity index (χ0) is 23.0. The fraction of sp³-hybridized carbons (Fsp3) is 0.160. The van der Waals surface area contributed by atoms with Gasteiger partial charge in [-0.1, -0.05) is 18.2 Å². The maximum Gasteiger partial charge on any atom is 0.335 e. The fourth-order valence-corrected chi connectivity index (χ4v) is 3.66. The molecule has 7 heteroatoms. The van der Waals surface area contributed by atoms with E-state index in [0.29, 0.717) is 22.7 Å². The highest BCUT2D eigenvalue weighted by atomic mass is 16.5. The van der Waals surface area contributed by atoms with E-state index in [2.05, 4.69) is 5.32 Å². The van der Waals surface area contributed by atoms with Crippen molar-refractivity contribution in [3.63, 3.8) is 0 Å². The second-order valence-electron chi connectivity index (χ2n) is 7.49. The van der Waals surface area contributed by atoms with Gasteiger partial charge in [-0.3, -0.25) is 14.9 Å². The largest absolute Gasteiger partial charge is 0.497 e. The first-order valence-electron chi connectivity index (χ1n) is 9.97. The number of hydrogen-bond acceptors (Lipinski definition) is 5. The molecule has 32 heavy (non-hydrogen) atoms. The molecule has 0 spiro atoms. The van der Waals surface area contributed by atoms with Crippen LogP contribution in [0.5, 0.6) is 11.5 Å². The number of nitrogens with one attached hydrogen (secondary N) is 1. The predicted molar refractivity (Wildman–Crippen MR) is 122 cm³/mol. The topological polar surface area (TPSA) is 84.9 Å². The normalized spacial score (nSPS) is 15.3. The summed E-state index contributed by atoms with van der Waals surface area (Å²) in [7, 11) is 3.07. The number of methoxy groups -OCH3 is 2. The second-order valence-corrected chi connectivity index (χ2v) is 7.49. The Morgan fingerprint density at radius 3 is 2.31 bits per heavy atom. The van der Waals surface area contributed by atoms with Gasteiger partial charge in [-0.25, -0.2) is 9.69 Å². The molecule has 4 amide bonds. The summed E-state index contributed by atoms with van der Waals surface area (Å²) in [6.45, 7) is 3.83. The number of amides is 4. The number of imide groups is 2. The van der Waals surface area contributed by atoms with Gasteiger partial charge in [-0.05, 0) is 72.2 Å². The molecule has 1 aliphatic heterocycles. The van der Waals surface area contributed by atoms with E-state index in [1.165, 1.54) is 13.2 Å². The van der Waals surface area contributed by atoms with Gasteiger partial charge in [-0.2, -0.15) is 0 Å². The third-order valence-corrected chi connectivity index (χ3v) is 5.59. The summed E-state index contributed by atoms with van der Waals surface area (Å²) in [5, 5.41) is 3.89. The summed E-state index contributed by atoms with van der Waals surface area (Å²) in [5.74, 6) is -0.365. The Hall–Kier alpha value is -4.13. The molecule has 1 N–H and O–H groups in total. The van der Waals surface area contributed by atoms with Gasteiger partial charge in [0.25, 0.3) is 11.8 Å². The zero-order valence-corrected chi connectivity index (χ0v) is 18.2. The standard InChI is InChI=1S/C25H22N2O5/c1-14-5-8-17(11-15(14)2)27-24(29)21(23(28)26-25(27)30)13-20-19-12-18(31-3)9-6-16(19)7-10-22(20)32-4/h5-13H,1-4H3,(H,26,28,30). The minimum Gasteiger partial charge on any atom is -0.497 e. The number of aryl methyl sites for hydroxylation is 2. The van der Waals surface area contributed by atoms with Crippen LogP contribution < -0.4 is 19.7 Å². The molecule has 1 fully saturated rings. The number of barbiturate groups is 1. The molecular formula is C25H22N2O5. The summed E-state index contributed by atoms with van der Waals surface area (Å²) in [4.78, 5) is 39.5. The van der Waals surface area contributed by atoms with E-state index in [1.807, 2.05) is 44.2 Å². The summed E-state index contributed by atoms with van der Waals surface area (Å²) in [6.07, 6.45) is 1.46. The Kier molecular flexibility index (Phi) is 5.40. The van der Waals surface area contributed by atoms with Crippen molar-refractivity contribution in [3.05, 3.63) is 70.8 Å². The van der Waals surface area contributed by atoms with Crippen molar-refractivity contribution in [3.8, 4) is 11.5 Å². The van der Waals surface area contributed by atoms with Crippen LogP contribution in [0.3, 0.4) is 0 Å². The summed E-state index contributed by atoms with van der Waals surface area (Å²) < 4.78 is 10.8. The first-order valence-corrected chi connectivity index (χ1v) is 9.97. The Morgan fingerprint density at radius 2 is 1.62 bits per heavy atom. The minimum absolute atomic E-state index is 0.170. The Morgan fingerprint density at radius 1 is 0.875 bits per heavy atom. The van der Waals surface area contributed by atoms with Gasteiger partial charge in [0.15, 0.2) is 0 Å². The number of anilines is 1. The molecule has 0 radical (unpaired) electrons. The molecule has 1 heterocycles. The molecule has 4 rings (SSSR count). The lowest BCUT2D eigenvalue weighted by Crippen LogP contribution is -2.54. The molecule has 3 aromatic rings. The van der Waals surface area contributed by atoms with Crippen LogP contribution in [0, 0.1) is 13.8 Å². The first-order chi connectivity index (χ1) is 15.3. The molecule has 0 saturated carbocycles. The van der Waals surface area contributed by atoms with Crippen molar-refractivity contribution < 1.29 is 23.9 Å². The highest BCUT2D eigenvalue weighted by Crippen LogP contribution is 2.33. The first kappa shape index (κ1) is 21.1. The quantitative estimate of drug-likeness (QED) is 0.497. The monoisotopic (exact) mass is 430 g/mol. The fourth-order valence-electron chi connectivity index (χ4n) is 3.66. The lowest BCUT2D eigenvalue weighted by Gasteiger charge is -2.27. The van der Waals surface area contributed by atoms with Gasteiger partial charge in [0.05, 0.1) is 19.9 Å². The van der Waals surface area contributed by atoms with Crippen LogP contribution in [0.1, 0.15) is 16.7 Å². The van der Waals surface area contributed by atoms with Crippen LogP contribution in [0.25, 0.3) is 16.8 Å². The molecule has 0 bridgehead atoms. The van der Waals surface area contributed by atoms with Gasteiger partial charge in [0.2, 0.25) is 0 Å². The lowest BCUT2D eigenvalue weighted by molar-refractivity contribution is -0.122. The average molecular weight is 430 g/mol. The van der Waals surface area contributed by atoms with Crippen LogP contribution in [-0.2, 0) is 9.59 Å². The smallest absolute Gasteiger partial charge is 0.335 e. The van der Waals surface area contributed by atoms with Crippen LogP contribution in [0.2, 0.25) is 0 Å². The second kappa shape index (κ2) is 8.19. The van der Waals surface area contributed by atoms with Crippen LogP contribution in [0.15, 0.2) is 54.1 Å². The predicted octanol–water partition coefficient (Wildman–Crippen LogP) is 4.14. The molecule has 3 aromatic carbocycles. The number of rotatable bonds is 4. The van der Waals surface area contributed by atoms with Crippen molar-refractivity contribution >= 4 is 40.4 Å². The van der Waals surface area contributed by atoms with E-state index < -0.39 is 17.8 Å². The minimum atomic E-state index is -0.785. The molecule has 1 saturated heterocycles. The van der Waals surface area contributed by atoms with E-state index in [1.54, 1.807) is 25.3 Å². The van der Waals surface area contributed by atoms with Crippen molar-refractivity contribution in [2.45, 2.75) is 13.8 Å². The maximum atomic E-state index is 13.3. The Bertz CT molecular complexity index is 1300. The average Bonchev–Trinajstić information content (AvgIpc) is 2.78. The molecular weight excluding hydrogens is 408 g/mol. The number of benzene rings is 3. The van der Waals surface area contributed by atoms with E-state index >= 15 is 0 Å². The van der Waals surface area contributed by atoms with E-state index in [4.69, 9.17) is 9.47 Å². The number of urea groups is 1. The highest BCUT2D eigenvalue weighted by Gasteiger charge is 2.37. The van der Waals surface area contributed by atoms with Crippen molar-refractivity contribution in [2.75, 3.05) is 19.1 Å². The molecule has 0 aliphatic carbocycles. The van der Waals surface area contributed by atoms with E-state index in [0.717, 1.165) is 26.8 Å². The Balaban J connectivity index is 1.88. The van der Waals surface area contributed by atoms with E-state index in [-0.39, 0.29) is 5.57 Å². The molecule has 7 nitrogen and oxygen atoms in total.